The monoisotopic (exact) mass is 559 g/mol. The van der Waals surface area contributed by atoms with Crippen LogP contribution in [0, 0.1) is 0 Å². The lowest BCUT2D eigenvalue weighted by Crippen LogP contribution is -2.57. The van der Waals surface area contributed by atoms with E-state index in [0.29, 0.717) is 12.3 Å². The maximum absolute atomic E-state index is 12.7. The quantitative estimate of drug-likeness (QED) is 0.315. The number of benzene rings is 1. The second kappa shape index (κ2) is 13.1. The van der Waals surface area contributed by atoms with Gasteiger partial charge in [0.2, 0.25) is 5.91 Å². The van der Waals surface area contributed by atoms with Crippen LogP contribution in [0.5, 0.6) is 11.5 Å². The van der Waals surface area contributed by atoms with Gasteiger partial charge >= 0.3 is 0 Å². The molecule has 1 atom stereocenters. The highest BCUT2D eigenvalue weighted by Crippen LogP contribution is 2.31. The molecule has 0 aliphatic carbocycles. The minimum atomic E-state index is -0.0548. The number of carbonyl (C=O) groups excluding carboxylic acids is 1. The standard InChI is InChI=1S/C23H37N5O3.HI/c1-5-24-23(25-17-19-9-8-10-20(30-3)21(19)31-4)28-15-13-26(14-16-28)18(2)22(29)27-11-6-7-12-27;/h8-10,18H,5-7,11-17H2,1-4H3,(H,24,25);1H. The Morgan fingerprint density at radius 1 is 1.06 bits per heavy atom. The Morgan fingerprint density at radius 3 is 2.34 bits per heavy atom. The fourth-order valence-corrected chi connectivity index (χ4v) is 4.34. The van der Waals surface area contributed by atoms with E-state index in [2.05, 4.69) is 22.0 Å². The van der Waals surface area contributed by atoms with Gasteiger partial charge < -0.3 is 24.6 Å². The van der Waals surface area contributed by atoms with Crippen molar-refractivity contribution in [2.24, 2.45) is 4.99 Å². The molecule has 1 aromatic rings. The Balaban J connectivity index is 0.00000363. The van der Waals surface area contributed by atoms with E-state index in [0.717, 1.165) is 75.9 Å². The Labute approximate surface area is 209 Å². The Hall–Kier alpha value is -1.75. The maximum Gasteiger partial charge on any atom is 0.239 e. The molecule has 2 heterocycles. The molecule has 8 nitrogen and oxygen atoms in total. The van der Waals surface area contributed by atoms with Crippen molar-refractivity contribution in [1.29, 1.82) is 0 Å². The number of methoxy groups -OCH3 is 2. The van der Waals surface area contributed by atoms with Crippen molar-refractivity contribution in [3.05, 3.63) is 23.8 Å². The first kappa shape index (κ1) is 26.5. The van der Waals surface area contributed by atoms with E-state index in [1.165, 1.54) is 0 Å². The van der Waals surface area contributed by atoms with Gasteiger partial charge in [0.15, 0.2) is 17.5 Å². The number of ether oxygens (including phenoxy) is 2. The molecule has 2 saturated heterocycles. The predicted molar refractivity (Wildman–Crippen MR) is 138 cm³/mol. The summed E-state index contributed by atoms with van der Waals surface area (Å²) in [5.41, 5.74) is 0.987. The molecule has 180 valence electrons. The van der Waals surface area contributed by atoms with Crippen LogP contribution in [0.2, 0.25) is 0 Å². The molecule has 0 spiro atoms. The highest BCUT2D eigenvalue weighted by atomic mass is 127. The molecule has 0 aromatic heterocycles. The minimum absolute atomic E-state index is 0. The third-order valence-corrected chi connectivity index (χ3v) is 6.16. The summed E-state index contributed by atoms with van der Waals surface area (Å²) in [6, 6.07) is 5.80. The molecular formula is C23H38IN5O3. The first-order valence-corrected chi connectivity index (χ1v) is 11.3. The van der Waals surface area contributed by atoms with Crippen molar-refractivity contribution in [1.82, 2.24) is 20.0 Å². The zero-order valence-corrected chi connectivity index (χ0v) is 22.1. The van der Waals surface area contributed by atoms with Crippen LogP contribution in [-0.4, -0.2) is 92.6 Å². The third kappa shape index (κ3) is 6.40. The van der Waals surface area contributed by atoms with Gasteiger partial charge in [-0.2, -0.15) is 0 Å². The maximum atomic E-state index is 12.7. The number of likely N-dealkylation sites (tertiary alicyclic amines) is 1. The number of carbonyl (C=O) groups is 1. The molecular weight excluding hydrogens is 521 g/mol. The zero-order chi connectivity index (χ0) is 22.2. The number of aliphatic imine (C=N–C) groups is 1. The van der Waals surface area contributed by atoms with Gasteiger partial charge in [-0.15, -0.1) is 24.0 Å². The summed E-state index contributed by atoms with van der Waals surface area (Å²) in [6.45, 7) is 10.7. The number of halogens is 1. The smallest absolute Gasteiger partial charge is 0.239 e. The molecule has 1 aromatic carbocycles. The van der Waals surface area contributed by atoms with Crippen molar-refractivity contribution in [2.45, 2.75) is 39.3 Å². The second-order valence-corrected chi connectivity index (χ2v) is 8.05. The summed E-state index contributed by atoms with van der Waals surface area (Å²) in [5, 5.41) is 3.41. The van der Waals surface area contributed by atoms with E-state index >= 15 is 0 Å². The normalized spacial score (nSPS) is 18.2. The SMILES string of the molecule is CCNC(=NCc1cccc(OC)c1OC)N1CCN(C(C)C(=O)N2CCCC2)CC1.I. The number of hydrogen-bond acceptors (Lipinski definition) is 5. The molecule has 2 aliphatic heterocycles. The molecule has 2 fully saturated rings. The first-order chi connectivity index (χ1) is 15.1. The Kier molecular flexibility index (Phi) is 10.8. The largest absolute Gasteiger partial charge is 0.493 e. The number of guanidine groups is 1. The van der Waals surface area contributed by atoms with Crippen molar-refractivity contribution in [2.75, 3.05) is 60.0 Å². The molecule has 0 bridgehead atoms. The Morgan fingerprint density at radius 2 is 1.75 bits per heavy atom. The van der Waals surface area contributed by atoms with Crippen LogP contribution in [0.1, 0.15) is 32.3 Å². The molecule has 1 unspecified atom stereocenters. The third-order valence-electron chi connectivity index (χ3n) is 6.16. The predicted octanol–water partition coefficient (Wildman–Crippen LogP) is 2.42. The van der Waals surface area contributed by atoms with Gasteiger partial charge in [-0.25, -0.2) is 4.99 Å². The molecule has 1 amide bonds. The fourth-order valence-electron chi connectivity index (χ4n) is 4.34. The van der Waals surface area contributed by atoms with Crippen LogP contribution in [-0.2, 0) is 11.3 Å². The van der Waals surface area contributed by atoms with E-state index in [9.17, 15) is 4.79 Å². The minimum Gasteiger partial charge on any atom is -0.493 e. The van der Waals surface area contributed by atoms with Crippen molar-refractivity contribution >= 4 is 35.8 Å². The van der Waals surface area contributed by atoms with E-state index in [-0.39, 0.29) is 35.9 Å². The average Bonchev–Trinajstić information content (AvgIpc) is 3.35. The summed E-state index contributed by atoms with van der Waals surface area (Å²) < 4.78 is 10.9. The highest BCUT2D eigenvalue weighted by Gasteiger charge is 2.30. The molecule has 9 heteroatoms. The number of piperazine rings is 1. The lowest BCUT2D eigenvalue weighted by atomic mass is 10.2. The molecule has 0 saturated carbocycles. The van der Waals surface area contributed by atoms with Crippen LogP contribution in [0.3, 0.4) is 0 Å². The lowest BCUT2D eigenvalue weighted by Gasteiger charge is -2.39. The number of nitrogens with one attached hydrogen (secondary N) is 1. The molecule has 32 heavy (non-hydrogen) atoms. The van der Waals surface area contributed by atoms with Gasteiger partial charge in [-0.3, -0.25) is 9.69 Å². The second-order valence-electron chi connectivity index (χ2n) is 8.05. The summed E-state index contributed by atoms with van der Waals surface area (Å²) in [6.07, 6.45) is 2.26. The van der Waals surface area contributed by atoms with Crippen molar-refractivity contribution in [3.8, 4) is 11.5 Å². The number of para-hydroxylation sites is 1. The van der Waals surface area contributed by atoms with Gasteiger partial charge in [0.05, 0.1) is 26.8 Å². The van der Waals surface area contributed by atoms with Gasteiger partial charge in [-0.1, -0.05) is 12.1 Å². The molecule has 1 N–H and O–H groups in total. The van der Waals surface area contributed by atoms with Gasteiger partial charge in [0, 0.05) is 51.4 Å². The summed E-state index contributed by atoms with van der Waals surface area (Å²) in [4.78, 5) is 24.2. The first-order valence-electron chi connectivity index (χ1n) is 11.3. The van der Waals surface area contributed by atoms with Crippen LogP contribution < -0.4 is 14.8 Å². The van der Waals surface area contributed by atoms with Crippen molar-refractivity contribution in [3.63, 3.8) is 0 Å². The van der Waals surface area contributed by atoms with Gasteiger partial charge in [-0.05, 0) is 32.8 Å². The van der Waals surface area contributed by atoms with E-state index in [1.807, 2.05) is 30.0 Å². The molecule has 2 aliphatic rings. The highest BCUT2D eigenvalue weighted by molar-refractivity contribution is 14.0. The van der Waals surface area contributed by atoms with E-state index in [4.69, 9.17) is 14.5 Å². The number of rotatable bonds is 7. The zero-order valence-electron chi connectivity index (χ0n) is 19.8. The number of nitrogens with zero attached hydrogens (tertiary/aromatic N) is 4. The van der Waals surface area contributed by atoms with Crippen LogP contribution in [0.4, 0.5) is 0 Å². The van der Waals surface area contributed by atoms with Crippen molar-refractivity contribution < 1.29 is 14.3 Å². The molecule has 0 radical (unpaired) electrons. The van der Waals surface area contributed by atoms with Gasteiger partial charge in [0.25, 0.3) is 0 Å². The fraction of sp³-hybridized carbons (Fsp3) is 0.652. The van der Waals surface area contributed by atoms with E-state index < -0.39 is 0 Å². The number of hydrogen-bond donors (Lipinski definition) is 1. The Bertz CT molecular complexity index is 762. The van der Waals surface area contributed by atoms with Crippen LogP contribution in [0.25, 0.3) is 0 Å². The summed E-state index contributed by atoms with van der Waals surface area (Å²) >= 11 is 0. The van der Waals surface area contributed by atoms with Crippen LogP contribution in [0.15, 0.2) is 23.2 Å². The van der Waals surface area contributed by atoms with Crippen LogP contribution >= 0.6 is 24.0 Å². The van der Waals surface area contributed by atoms with Gasteiger partial charge in [0.1, 0.15) is 0 Å². The topological polar surface area (TPSA) is 69.6 Å². The average molecular weight is 559 g/mol. The molecule has 3 rings (SSSR count). The summed E-state index contributed by atoms with van der Waals surface area (Å²) in [5.74, 6) is 2.61. The number of amides is 1. The van der Waals surface area contributed by atoms with E-state index in [1.54, 1.807) is 14.2 Å². The lowest BCUT2D eigenvalue weighted by molar-refractivity contribution is -0.135. The summed E-state index contributed by atoms with van der Waals surface area (Å²) in [7, 11) is 3.30.